The van der Waals surface area contributed by atoms with Crippen LogP contribution in [0.4, 0.5) is 0 Å². The largest absolute Gasteiger partial charge is 0.504 e. The third-order valence-electron chi connectivity index (χ3n) is 15.2. The lowest BCUT2D eigenvalue weighted by Gasteiger charge is -2.54. The molecule has 0 aromatic heterocycles. The van der Waals surface area contributed by atoms with Crippen LogP contribution in [0.15, 0.2) is 17.1 Å². The molecule has 3 fully saturated rings. The molecule has 3 heterocycles. The van der Waals surface area contributed by atoms with Gasteiger partial charge in [0.2, 0.25) is 0 Å². The van der Waals surface area contributed by atoms with Gasteiger partial charge >= 0.3 is 5.97 Å². The summed E-state index contributed by atoms with van der Waals surface area (Å²) in [6.45, 7) is 5.45. The van der Waals surface area contributed by atoms with E-state index in [1.807, 2.05) is 16.9 Å². The first-order chi connectivity index (χ1) is 29.4. The Balaban J connectivity index is 1.36. The van der Waals surface area contributed by atoms with Crippen LogP contribution in [0.3, 0.4) is 0 Å². The quantitative estimate of drug-likeness (QED) is 0.103. The summed E-state index contributed by atoms with van der Waals surface area (Å²) in [5.74, 6) is 7.90. The van der Waals surface area contributed by atoms with Gasteiger partial charge in [0, 0.05) is 60.7 Å². The lowest BCUT2D eigenvalue weighted by molar-refractivity contribution is -0.152. The molecule has 8 atom stereocenters. The van der Waals surface area contributed by atoms with Crippen molar-refractivity contribution in [2.45, 2.75) is 183 Å². The molecule has 12 nitrogen and oxygen atoms in total. The number of phenols is 1. The van der Waals surface area contributed by atoms with Gasteiger partial charge in [-0.1, -0.05) is 78.4 Å². The fourth-order valence-corrected chi connectivity index (χ4v) is 15.2. The Kier molecular flexibility index (Phi) is 15.8. The maximum Gasteiger partial charge on any atom is 0.302 e. The fraction of sp³-hybridized carbons (Fsp3) is 0.787. The van der Waals surface area contributed by atoms with Crippen LogP contribution in [0, 0.1) is 29.1 Å². The summed E-state index contributed by atoms with van der Waals surface area (Å²) in [7, 11) is 4.06. The highest BCUT2D eigenvalue weighted by atomic mass is 33.1. The Bertz CT molecular complexity index is 1740. The predicted octanol–water partition coefficient (Wildman–Crippen LogP) is 5.85. The van der Waals surface area contributed by atoms with E-state index in [1.165, 1.54) is 32.6 Å². The van der Waals surface area contributed by atoms with Gasteiger partial charge in [-0.25, -0.2) is 0 Å². The van der Waals surface area contributed by atoms with Crippen molar-refractivity contribution in [2.24, 2.45) is 28.0 Å². The number of hydrogen-bond donors (Lipinski definition) is 8. The number of ether oxygens (including phenoxy) is 2. The Morgan fingerprint density at radius 3 is 2.56 bits per heavy atom. The van der Waals surface area contributed by atoms with E-state index in [0.29, 0.717) is 43.0 Å². The normalized spacial score (nSPS) is 34.2. The van der Waals surface area contributed by atoms with E-state index in [0.717, 1.165) is 95.2 Å². The van der Waals surface area contributed by atoms with E-state index in [9.17, 15) is 25.2 Å². The number of phenolic OH excluding ortho intramolecular Hbond substituents is 1. The van der Waals surface area contributed by atoms with Crippen molar-refractivity contribution >= 4 is 33.5 Å². The molecule has 1 aromatic carbocycles. The van der Waals surface area contributed by atoms with Crippen LogP contribution in [-0.2, 0) is 22.6 Å². The topological polar surface area (TPSA) is 191 Å². The number of nitrogens with one attached hydrogen (secondary N) is 3. The SMILES string of the molecule is CC(=O)O[C@H]1C[C@@H](O)CC[C@]2([C@H](C)O)C#C[C@@H]3CCC[C@@]4(CNCCSSC5(CCCCC5)C5(CCCCC5)NC(N)=NC2)C[C@H](CCN4)Oc2cc(c(CO)cc2O)C[C@H]31. The third kappa shape index (κ3) is 10.9. The van der Waals surface area contributed by atoms with Gasteiger partial charge in [-0.05, 0) is 101 Å². The number of fused-ring (bicyclic) bond motifs is 7. The van der Waals surface area contributed by atoms with Crippen molar-refractivity contribution in [3.8, 4) is 23.3 Å². The molecule has 9 N–H and O–H groups in total. The molecule has 7 rings (SSSR count). The summed E-state index contributed by atoms with van der Waals surface area (Å²) < 4.78 is 12.8. The van der Waals surface area contributed by atoms with Gasteiger partial charge in [-0.3, -0.25) is 9.79 Å². The molecule has 6 bridgehead atoms. The van der Waals surface area contributed by atoms with Gasteiger partial charge in [0.1, 0.15) is 12.2 Å². The molecule has 1 aromatic rings. The highest BCUT2D eigenvalue weighted by molar-refractivity contribution is 8.77. The van der Waals surface area contributed by atoms with Crippen LogP contribution < -0.4 is 26.4 Å². The van der Waals surface area contributed by atoms with E-state index in [4.69, 9.17) is 20.2 Å². The third-order valence-corrected chi connectivity index (χ3v) is 18.6. The van der Waals surface area contributed by atoms with Crippen LogP contribution in [0.2, 0.25) is 0 Å². The van der Waals surface area contributed by atoms with E-state index in [-0.39, 0.29) is 59.1 Å². The zero-order valence-electron chi connectivity index (χ0n) is 36.7. The number of aliphatic hydroxyl groups is 3. The highest BCUT2D eigenvalue weighted by Gasteiger charge is 2.53. The maximum atomic E-state index is 12.8. The van der Waals surface area contributed by atoms with Crippen molar-refractivity contribution in [3.05, 3.63) is 23.3 Å². The second-order valence-corrected chi connectivity index (χ2v) is 22.1. The Morgan fingerprint density at radius 1 is 1.05 bits per heavy atom. The number of aromatic hydroxyl groups is 1. The van der Waals surface area contributed by atoms with Crippen molar-refractivity contribution in [1.29, 1.82) is 0 Å². The van der Waals surface area contributed by atoms with E-state index >= 15 is 0 Å². The van der Waals surface area contributed by atoms with Crippen LogP contribution in [-0.4, -0.2) is 105 Å². The van der Waals surface area contributed by atoms with Gasteiger partial charge in [-0.15, -0.1) is 0 Å². The second-order valence-electron chi connectivity index (χ2n) is 19.3. The zero-order valence-corrected chi connectivity index (χ0v) is 38.3. The second kappa shape index (κ2) is 20.6. The van der Waals surface area contributed by atoms with Gasteiger partial charge in [0.25, 0.3) is 0 Å². The molecule has 0 unspecified atom stereocenters. The summed E-state index contributed by atoms with van der Waals surface area (Å²) in [4.78, 5) is 17.9. The molecule has 1 saturated heterocycles. The van der Waals surface area contributed by atoms with Gasteiger partial charge in [0.05, 0.1) is 36.3 Å². The number of benzene rings is 1. The molecule has 61 heavy (non-hydrogen) atoms. The zero-order chi connectivity index (χ0) is 43.1. The van der Waals surface area contributed by atoms with Crippen molar-refractivity contribution < 1.29 is 34.7 Å². The number of aliphatic imine (C=N–C) groups is 1. The minimum atomic E-state index is -1.000. The number of rotatable bonds is 3. The number of carbonyl (C=O) groups excluding carboxylic acids is 1. The smallest absolute Gasteiger partial charge is 0.302 e. The predicted molar refractivity (Wildman–Crippen MR) is 244 cm³/mol. The van der Waals surface area contributed by atoms with Crippen molar-refractivity contribution in [3.63, 3.8) is 0 Å². The van der Waals surface area contributed by atoms with Crippen molar-refractivity contribution in [2.75, 3.05) is 31.9 Å². The molecular weight excluding hydrogens is 811 g/mol. The Hall–Kier alpha value is -2.38. The minimum Gasteiger partial charge on any atom is -0.504 e. The molecule has 14 heteroatoms. The molecule has 0 radical (unpaired) electrons. The fourth-order valence-electron chi connectivity index (χ4n) is 11.6. The lowest BCUT2D eigenvalue weighted by atomic mass is 9.66. The number of aliphatic hydroxyl groups excluding tert-OH is 3. The summed E-state index contributed by atoms with van der Waals surface area (Å²) in [6, 6.07) is 3.42. The minimum absolute atomic E-state index is 0.0153. The van der Waals surface area contributed by atoms with Crippen LogP contribution in [0.5, 0.6) is 11.5 Å². The summed E-state index contributed by atoms with van der Waals surface area (Å²) >= 11 is 0. The van der Waals surface area contributed by atoms with Gasteiger partial charge in [0.15, 0.2) is 17.5 Å². The Morgan fingerprint density at radius 2 is 1.82 bits per heavy atom. The molecule has 6 aliphatic rings. The van der Waals surface area contributed by atoms with Crippen LogP contribution in [0.1, 0.15) is 141 Å². The molecule has 2 saturated carbocycles. The highest BCUT2D eigenvalue weighted by Crippen LogP contribution is 2.56. The first-order valence-electron chi connectivity index (χ1n) is 23.4. The number of esters is 1. The maximum absolute atomic E-state index is 12.8. The summed E-state index contributed by atoms with van der Waals surface area (Å²) in [5.41, 5.74) is 6.85. The molecule has 3 aliphatic carbocycles. The standard InChI is InChI=1S/C47H73N5O7S2/c1-32(54)44-19-11-34-10-9-14-45(31-49-22-23-60-61-47(17-7-4-8-18-47)46(15-5-3-6-16-46)52-43(48)50-30-44)28-38(13-21-51-45)59-42-26-35(36(29-53)25-40(42)57)24-39(34)41(58-33(2)55)27-37(56)12-20-44/h25-26,32,34,37-39,41,49,51,53-54,56-57H,3-10,12-18,20-24,27-31H2,1-2H3,(H3,48,50,52)/t32-,34-,37-,38-,39+,41-,44+,45-/m0/s1. The average Bonchev–Trinajstić information content (AvgIpc) is 3.24. The van der Waals surface area contributed by atoms with E-state index in [2.05, 4.69) is 38.6 Å². The van der Waals surface area contributed by atoms with Crippen molar-refractivity contribution in [1.82, 2.24) is 16.0 Å². The van der Waals surface area contributed by atoms with E-state index in [1.54, 1.807) is 13.0 Å². The van der Waals surface area contributed by atoms with E-state index < -0.39 is 29.7 Å². The number of carbonyl (C=O) groups is 1. The number of piperidine rings is 1. The first kappa shape index (κ1) is 46.6. The van der Waals surface area contributed by atoms with Gasteiger partial charge in [-0.2, -0.15) is 0 Å². The van der Waals surface area contributed by atoms with Crippen LogP contribution in [0.25, 0.3) is 0 Å². The number of guanidine groups is 1. The summed E-state index contributed by atoms with van der Waals surface area (Å²) in [5, 5.41) is 57.1. The molecule has 3 aliphatic heterocycles. The number of hydrogen-bond acceptors (Lipinski definition) is 14. The monoisotopic (exact) mass is 883 g/mol. The Labute approximate surface area is 371 Å². The van der Waals surface area contributed by atoms with Gasteiger partial charge < -0.3 is 51.6 Å². The lowest BCUT2D eigenvalue weighted by Crippen LogP contribution is -2.65. The number of nitrogens with zero attached hydrogens (tertiary/aromatic N) is 1. The molecule has 3 spiro atoms. The number of nitrogens with two attached hydrogens (primary N) is 1. The summed E-state index contributed by atoms with van der Waals surface area (Å²) in [6.07, 6.45) is 14.2. The van der Waals surface area contributed by atoms with Crippen LogP contribution >= 0.6 is 21.6 Å². The molecular formula is C47H73N5O7S2. The molecule has 0 amide bonds. The first-order valence-corrected chi connectivity index (χ1v) is 25.7. The average molecular weight is 884 g/mol. The molecule has 340 valence electrons.